The Morgan fingerprint density at radius 2 is 1.67 bits per heavy atom. The van der Waals surface area contributed by atoms with Crippen LogP contribution in [0.15, 0.2) is 77.0 Å². The van der Waals surface area contributed by atoms with E-state index in [1.165, 1.54) is 37.3 Å². The van der Waals surface area contributed by atoms with Gasteiger partial charge in [0.1, 0.15) is 10.6 Å². The van der Waals surface area contributed by atoms with Gasteiger partial charge in [-0.25, -0.2) is 4.79 Å². The molecule has 10 heteroatoms. The zero-order valence-corrected chi connectivity index (χ0v) is 25.6. The lowest BCUT2D eigenvalue weighted by Gasteiger charge is -2.14. The molecular weight excluding hydrogens is 572 g/mol. The lowest BCUT2D eigenvalue weighted by atomic mass is 10.0. The average Bonchev–Trinajstić information content (AvgIpc) is 3.40. The van der Waals surface area contributed by atoms with E-state index in [1.54, 1.807) is 44.2 Å². The van der Waals surface area contributed by atoms with Crippen LogP contribution in [-0.2, 0) is 9.53 Å². The van der Waals surface area contributed by atoms with Crippen LogP contribution in [0.3, 0.4) is 0 Å². The Morgan fingerprint density at radius 1 is 0.929 bits per heavy atom. The van der Waals surface area contributed by atoms with Crippen LogP contribution in [0.25, 0.3) is 11.1 Å². The predicted octanol–water partition coefficient (Wildman–Crippen LogP) is 7.29. The standard InChI is InChI=1S/C32H32N2O6S2/c1-6-40-32(37)28-25(21-12-10-19(2)11-13-21)18-41-31(28)34-29(35)20(3)42-24-9-7-8-23(17-24)33-30(36)22-14-15-26(38-4)27(16-22)39-5/h7-18,20H,6H2,1-5H3,(H,33,36)(H,34,35). The van der Waals surface area contributed by atoms with E-state index in [9.17, 15) is 14.4 Å². The summed E-state index contributed by atoms with van der Waals surface area (Å²) in [5.41, 5.74) is 4.03. The second kappa shape index (κ2) is 14.1. The van der Waals surface area contributed by atoms with Gasteiger partial charge in [0, 0.05) is 27.1 Å². The van der Waals surface area contributed by atoms with Crippen LogP contribution >= 0.6 is 23.1 Å². The molecule has 1 unspecified atom stereocenters. The maximum atomic E-state index is 13.2. The van der Waals surface area contributed by atoms with Crippen molar-refractivity contribution in [1.82, 2.24) is 0 Å². The topological polar surface area (TPSA) is 103 Å². The molecule has 0 saturated heterocycles. The molecule has 2 amide bonds. The Morgan fingerprint density at radius 3 is 2.36 bits per heavy atom. The predicted molar refractivity (Wildman–Crippen MR) is 168 cm³/mol. The lowest BCUT2D eigenvalue weighted by molar-refractivity contribution is -0.115. The largest absolute Gasteiger partial charge is 0.493 e. The summed E-state index contributed by atoms with van der Waals surface area (Å²) in [6.07, 6.45) is 0. The van der Waals surface area contributed by atoms with Crippen LogP contribution in [0.1, 0.15) is 40.1 Å². The van der Waals surface area contributed by atoms with E-state index in [0.717, 1.165) is 16.0 Å². The highest BCUT2D eigenvalue weighted by Crippen LogP contribution is 2.37. The number of methoxy groups -OCH3 is 2. The van der Waals surface area contributed by atoms with E-state index in [2.05, 4.69) is 10.6 Å². The Kier molecular flexibility index (Phi) is 10.3. The van der Waals surface area contributed by atoms with Gasteiger partial charge in [-0.05, 0) is 62.7 Å². The van der Waals surface area contributed by atoms with E-state index in [-0.39, 0.29) is 18.4 Å². The lowest BCUT2D eigenvalue weighted by Crippen LogP contribution is -2.23. The monoisotopic (exact) mass is 604 g/mol. The number of carbonyl (C=O) groups is 3. The second-order valence-electron chi connectivity index (χ2n) is 9.24. The highest BCUT2D eigenvalue weighted by Gasteiger charge is 2.25. The van der Waals surface area contributed by atoms with Gasteiger partial charge in [-0.1, -0.05) is 35.9 Å². The number of hydrogen-bond acceptors (Lipinski definition) is 8. The molecule has 0 bridgehead atoms. The molecule has 8 nitrogen and oxygen atoms in total. The first kappa shape index (κ1) is 30.7. The van der Waals surface area contributed by atoms with Crippen molar-refractivity contribution in [3.63, 3.8) is 0 Å². The summed E-state index contributed by atoms with van der Waals surface area (Å²) < 4.78 is 15.8. The third-order valence-electron chi connectivity index (χ3n) is 6.29. The zero-order chi connectivity index (χ0) is 30.2. The van der Waals surface area contributed by atoms with Crippen molar-refractivity contribution in [2.45, 2.75) is 30.9 Å². The van der Waals surface area contributed by atoms with Gasteiger partial charge in [0.15, 0.2) is 11.5 Å². The van der Waals surface area contributed by atoms with Crippen LogP contribution in [0.2, 0.25) is 0 Å². The second-order valence-corrected chi connectivity index (χ2v) is 11.5. The number of thioether (sulfide) groups is 1. The first-order valence-corrected chi connectivity index (χ1v) is 15.0. The highest BCUT2D eigenvalue weighted by molar-refractivity contribution is 8.00. The van der Waals surface area contributed by atoms with Crippen molar-refractivity contribution in [3.05, 3.63) is 88.8 Å². The molecule has 2 N–H and O–H groups in total. The van der Waals surface area contributed by atoms with Crippen LogP contribution < -0.4 is 20.1 Å². The van der Waals surface area contributed by atoms with Crippen LogP contribution in [0.4, 0.5) is 10.7 Å². The minimum Gasteiger partial charge on any atom is -0.493 e. The summed E-state index contributed by atoms with van der Waals surface area (Å²) in [5.74, 6) is -0.0666. The number of ether oxygens (including phenoxy) is 3. The quantitative estimate of drug-likeness (QED) is 0.137. The highest BCUT2D eigenvalue weighted by atomic mass is 32.2. The minimum absolute atomic E-state index is 0.223. The van der Waals surface area contributed by atoms with Gasteiger partial charge in [-0.2, -0.15) is 0 Å². The van der Waals surface area contributed by atoms with Gasteiger partial charge in [0.05, 0.1) is 26.1 Å². The number of benzene rings is 3. The van der Waals surface area contributed by atoms with E-state index >= 15 is 0 Å². The molecule has 42 heavy (non-hydrogen) atoms. The van der Waals surface area contributed by atoms with Crippen molar-refractivity contribution >= 4 is 51.6 Å². The van der Waals surface area contributed by atoms with Gasteiger partial charge < -0.3 is 24.8 Å². The van der Waals surface area contributed by atoms with Crippen molar-refractivity contribution in [2.24, 2.45) is 0 Å². The molecule has 4 rings (SSSR count). The average molecular weight is 605 g/mol. The first-order chi connectivity index (χ1) is 20.2. The summed E-state index contributed by atoms with van der Waals surface area (Å²) >= 11 is 2.62. The number of aryl methyl sites for hydroxylation is 1. The maximum Gasteiger partial charge on any atom is 0.341 e. The molecule has 0 saturated carbocycles. The van der Waals surface area contributed by atoms with Gasteiger partial charge in [-0.15, -0.1) is 23.1 Å². The smallest absolute Gasteiger partial charge is 0.341 e. The SMILES string of the molecule is CCOC(=O)c1c(-c2ccc(C)cc2)csc1NC(=O)C(C)Sc1cccc(NC(=O)c2ccc(OC)c(OC)c2)c1. The van der Waals surface area contributed by atoms with E-state index < -0.39 is 11.2 Å². The van der Waals surface area contributed by atoms with Crippen LogP contribution in [0, 0.1) is 6.92 Å². The van der Waals surface area contributed by atoms with Gasteiger partial charge in [0.25, 0.3) is 5.91 Å². The summed E-state index contributed by atoms with van der Waals surface area (Å²) in [5, 5.41) is 7.61. The Hall–Kier alpha value is -4.28. The normalized spacial score (nSPS) is 11.4. The molecule has 0 aliphatic carbocycles. The number of thiophene rings is 1. The van der Waals surface area contributed by atoms with E-state index in [4.69, 9.17) is 14.2 Å². The molecule has 4 aromatic rings. The molecular formula is C32H32N2O6S2. The van der Waals surface area contributed by atoms with Crippen LogP contribution in [-0.4, -0.2) is 43.9 Å². The van der Waals surface area contributed by atoms with Gasteiger partial charge >= 0.3 is 5.97 Å². The Bertz CT molecular complexity index is 1580. The molecule has 218 valence electrons. The van der Waals surface area contributed by atoms with Gasteiger partial charge in [-0.3, -0.25) is 9.59 Å². The van der Waals surface area contributed by atoms with Crippen molar-refractivity contribution in [1.29, 1.82) is 0 Å². The molecule has 1 aromatic heterocycles. The number of esters is 1. The number of hydrogen-bond donors (Lipinski definition) is 2. The fourth-order valence-corrected chi connectivity index (χ4v) is 5.99. The number of anilines is 2. The van der Waals surface area contributed by atoms with Gasteiger partial charge in [0.2, 0.25) is 5.91 Å². The summed E-state index contributed by atoms with van der Waals surface area (Å²) in [6, 6.07) is 20.0. The van der Waals surface area contributed by atoms with Crippen LogP contribution in [0.5, 0.6) is 11.5 Å². The minimum atomic E-state index is -0.498. The van der Waals surface area contributed by atoms with Crippen molar-refractivity contribution < 1.29 is 28.6 Å². The fourth-order valence-electron chi connectivity index (χ4n) is 4.10. The number of rotatable bonds is 11. The first-order valence-electron chi connectivity index (χ1n) is 13.2. The summed E-state index contributed by atoms with van der Waals surface area (Å²) in [7, 11) is 3.04. The molecule has 1 heterocycles. The Balaban J connectivity index is 1.46. The molecule has 0 fully saturated rings. The Labute approximate surface area is 253 Å². The number of carbonyl (C=O) groups excluding carboxylic acids is 3. The third-order valence-corrected chi connectivity index (χ3v) is 8.28. The van der Waals surface area contributed by atoms with E-state index in [0.29, 0.717) is 38.9 Å². The molecule has 0 aliphatic rings. The summed E-state index contributed by atoms with van der Waals surface area (Å²) in [6.45, 7) is 5.75. The molecule has 1 atom stereocenters. The van der Waals surface area contributed by atoms with Crippen molar-refractivity contribution in [3.8, 4) is 22.6 Å². The molecule has 3 aromatic carbocycles. The zero-order valence-electron chi connectivity index (χ0n) is 24.0. The molecule has 0 spiro atoms. The molecule has 0 aliphatic heterocycles. The van der Waals surface area contributed by atoms with E-state index in [1.807, 2.05) is 48.7 Å². The number of amides is 2. The maximum absolute atomic E-state index is 13.2. The fraction of sp³-hybridized carbons (Fsp3) is 0.219. The molecule has 0 radical (unpaired) electrons. The van der Waals surface area contributed by atoms with Crippen molar-refractivity contribution in [2.75, 3.05) is 31.5 Å². The number of nitrogens with one attached hydrogen (secondary N) is 2. The third kappa shape index (κ3) is 7.32. The summed E-state index contributed by atoms with van der Waals surface area (Å²) in [4.78, 5) is 39.8.